The summed E-state index contributed by atoms with van der Waals surface area (Å²) in [5.74, 6) is -3.83. The van der Waals surface area contributed by atoms with Gasteiger partial charge in [-0.1, -0.05) is 49.8 Å². The number of aromatic nitrogens is 5. The molecule has 3 aromatic carbocycles. The average molecular weight is 1380 g/mol. The normalized spacial score (nSPS) is 24.5. The number of hydrogen-bond donors (Lipinski definition) is 8. The maximum atomic E-state index is 13.7. The predicted molar refractivity (Wildman–Crippen MR) is 358 cm³/mol. The van der Waals surface area contributed by atoms with E-state index < -0.39 is 54.3 Å². The molecule has 13 rings (SSSR count). The van der Waals surface area contributed by atoms with Gasteiger partial charge in [0.2, 0.25) is 12.2 Å². The van der Waals surface area contributed by atoms with Gasteiger partial charge >= 0.3 is 18.0 Å². The van der Waals surface area contributed by atoms with Crippen LogP contribution < -0.4 is 25.4 Å². The fourth-order valence-electron chi connectivity index (χ4n) is 15.9. The Balaban J connectivity index is 0.634. The van der Waals surface area contributed by atoms with E-state index in [1.807, 2.05) is 35.9 Å². The minimum atomic E-state index is -1.97. The van der Waals surface area contributed by atoms with Crippen LogP contribution in [-0.4, -0.2) is 179 Å². The quantitative estimate of drug-likeness (QED) is 0.0157. The third kappa shape index (κ3) is 15.8. The molecule has 6 aliphatic rings. The lowest BCUT2D eigenvalue weighted by atomic mass is 9.39. The number of carbonyl (C=O) groups is 7. The Morgan fingerprint density at radius 2 is 1.55 bits per heavy atom. The van der Waals surface area contributed by atoms with Crippen molar-refractivity contribution in [2.75, 3.05) is 51.4 Å². The number of rotatable bonds is 30. The first kappa shape index (κ1) is 69.6. The van der Waals surface area contributed by atoms with E-state index in [-0.39, 0.29) is 109 Å². The third-order valence-corrected chi connectivity index (χ3v) is 20.1. The highest BCUT2D eigenvalue weighted by Crippen LogP contribution is 2.72. The fourth-order valence-corrected chi connectivity index (χ4v) is 16.7. The number of aliphatic hydroxyl groups is 3. The molecule has 5 amide bonds. The number of carboxylic acids is 2. The van der Waals surface area contributed by atoms with Gasteiger partial charge in [-0.15, -0.1) is 0 Å². The van der Waals surface area contributed by atoms with Gasteiger partial charge in [0.25, 0.3) is 17.7 Å². The van der Waals surface area contributed by atoms with Gasteiger partial charge in [-0.05, 0) is 136 Å². The lowest BCUT2D eigenvalue weighted by Gasteiger charge is -2.69. The van der Waals surface area contributed by atoms with Crippen LogP contribution in [0.25, 0.3) is 43.5 Å². The van der Waals surface area contributed by atoms with Crippen LogP contribution in [0.5, 0.6) is 11.5 Å². The second-order valence-electron chi connectivity index (χ2n) is 27.2. The molecular weight excluding hydrogens is 1300 g/mol. The third-order valence-electron chi connectivity index (χ3n) is 19.1. The summed E-state index contributed by atoms with van der Waals surface area (Å²) >= 11 is 1.37. The molecule has 522 valence electrons. The number of nitrogens with one attached hydrogen (secondary N) is 3. The van der Waals surface area contributed by atoms with E-state index in [0.29, 0.717) is 89.4 Å². The molecule has 4 bridgehead atoms. The number of carbonyl (C=O) groups excluding carboxylic acids is 5. The number of alkyl carbamates (subject to hydrolysis) is 1. The monoisotopic (exact) mass is 1380 g/mol. The number of aliphatic carboxylic acids is 1. The zero-order valence-electron chi connectivity index (χ0n) is 55.0. The highest BCUT2D eigenvalue weighted by atomic mass is 32.1. The van der Waals surface area contributed by atoms with Crippen molar-refractivity contribution < 1.29 is 87.5 Å². The molecular formula is C71H79N9O18S. The summed E-state index contributed by atoms with van der Waals surface area (Å²) in [7, 11) is 0. The minimum absolute atomic E-state index is 0.0135. The molecule has 0 spiro atoms. The maximum Gasteiger partial charge on any atom is 0.407 e. The molecule has 8 N–H and O–H groups in total. The number of imide groups is 1. The maximum absolute atomic E-state index is 13.7. The summed E-state index contributed by atoms with van der Waals surface area (Å²) < 4.78 is 38.3. The first-order valence-electron chi connectivity index (χ1n) is 33.1. The fraction of sp³-hybridized carbons (Fsp3) is 0.451. The van der Waals surface area contributed by atoms with Gasteiger partial charge in [0.1, 0.15) is 43.0 Å². The number of amides is 5. The molecule has 2 aliphatic heterocycles. The lowest BCUT2D eigenvalue weighted by molar-refractivity contribution is -0.271. The number of fused-ring (bicyclic) bond motifs is 2. The Morgan fingerprint density at radius 1 is 0.758 bits per heavy atom. The van der Waals surface area contributed by atoms with Gasteiger partial charge < -0.3 is 64.6 Å². The Labute approximate surface area is 572 Å². The van der Waals surface area contributed by atoms with Crippen LogP contribution in [0.15, 0.2) is 103 Å². The summed E-state index contributed by atoms with van der Waals surface area (Å²) in [6.07, 6.45) is 3.57. The number of unbranched alkanes of at least 4 members (excludes halogenated alkanes) is 2. The van der Waals surface area contributed by atoms with E-state index >= 15 is 0 Å². The molecule has 5 fully saturated rings. The number of benzene rings is 3. The Morgan fingerprint density at radius 3 is 2.31 bits per heavy atom. The number of ether oxygens (including phenoxy) is 6. The van der Waals surface area contributed by atoms with Crippen LogP contribution >= 0.6 is 11.3 Å². The number of thiazole rings is 1. The highest BCUT2D eigenvalue weighted by Gasteiger charge is 2.66. The summed E-state index contributed by atoms with van der Waals surface area (Å²) in [6.45, 7) is 8.31. The summed E-state index contributed by atoms with van der Waals surface area (Å²) in [4.78, 5) is 103. The largest absolute Gasteiger partial charge is 0.491 e. The van der Waals surface area contributed by atoms with Crippen LogP contribution in [0, 0.1) is 23.2 Å². The average Bonchev–Trinajstić information content (AvgIpc) is 1.11. The summed E-state index contributed by atoms with van der Waals surface area (Å²) in [5.41, 5.74) is 4.08. The van der Waals surface area contributed by atoms with E-state index in [0.717, 1.165) is 54.4 Å². The number of aliphatic hydroxyl groups excluding tert-OH is 3. The molecule has 1 saturated heterocycles. The Hall–Kier alpha value is -9.29. The van der Waals surface area contributed by atoms with E-state index in [1.165, 1.54) is 40.5 Å². The molecule has 99 heavy (non-hydrogen) atoms. The van der Waals surface area contributed by atoms with Crippen molar-refractivity contribution in [2.24, 2.45) is 16.2 Å². The van der Waals surface area contributed by atoms with Gasteiger partial charge in [0.05, 0.1) is 52.0 Å². The van der Waals surface area contributed by atoms with Gasteiger partial charge in [0, 0.05) is 97.0 Å². The van der Waals surface area contributed by atoms with Crippen molar-refractivity contribution in [3.05, 3.63) is 126 Å². The van der Waals surface area contributed by atoms with E-state index in [2.05, 4.69) is 39.8 Å². The molecule has 7 atom stereocenters. The Bertz CT molecular complexity index is 4200. The number of aromatic carboxylic acids is 1. The van der Waals surface area contributed by atoms with Crippen molar-refractivity contribution in [1.82, 2.24) is 40.3 Å². The van der Waals surface area contributed by atoms with Crippen LogP contribution in [0.1, 0.15) is 117 Å². The molecule has 2 unspecified atom stereocenters. The van der Waals surface area contributed by atoms with Crippen molar-refractivity contribution >= 4 is 79.2 Å². The number of pyridine rings is 2. The summed E-state index contributed by atoms with van der Waals surface area (Å²) in [5, 5.41) is 66.5. The zero-order chi connectivity index (χ0) is 69.8. The number of para-hydroxylation sites is 1. The highest BCUT2D eigenvalue weighted by molar-refractivity contribution is 7.22. The van der Waals surface area contributed by atoms with Crippen LogP contribution in [0.2, 0.25) is 0 Å². The molecule has 7 aromatic rings. The standard InChI is InChI=1S/C71H79N9O18S/c1-41-48(45-16-18-49(76-57(45)63(88)89)42-14-17-50-47(30-42)46(21-23-72-50)62(87)78-66-77-51-10-6-7-11-53(51)99-66)32-75-80(41)40-70-35-68(2)34-69(3,36-70)38-71(37-68,39-70)96-26-9-22-74-67(92)95-33-43-13-15-44(31-52(43)97-65-60(86)58(84)59(85)61(98-65)64(90)91)94-29-28-93-27-24-73-54(81)12-5-4-8-25-79-55(82)19-20-56(79)83/h6-7,10-11,13-21,23,30-32,58-61,65,84-86H,4-5,8-9,12,22,24-29,33-40H2,1-3H3,(H,73,81)(H,74,92)(H,88,89)(H,90,91)(H,77,78,87)/t58-,59-,60+,61-,65+,68?,69?,70?,71?/m0/s1. The first-order valence-corrected chi connectivity index (χ1v) is 33.9. The van der Waals surface area contributed by atoms with Crippen molar-refractivity contribution in [3.63, 3.8) is 0 Å². The second-order valence-corrected chi connectivity index (χ2v) is 28.2. The van der Waals surface area contributed by atoms with Crippen LogP contribution in [0.4, 0.5) is 9.93 Å². The number of anilines is 1. The molecule has 4 aromatic heterocycles. The molecule has 6 heterocycles. The molecule has 27 nitrogen and oxygen atoms in total. The Kier molecular flexibility index (Phi) is 20.6. The zero-order valence-corrected chi connectivity index (χ0v) is 55.8. The SMILES string of the molecule is Cc1c(-c2ccc(-c3ccc4nccc(C(=O)Nc5nc6ccccc6s5)c4c3)nc2C(=O)O)cnn1CC12CC3(C)CC(C)(C1)CC(OCCCNC(=O)OCc1ccc(OCCOCCNC(=O)CCCCCN4C(=O)C=CC4=O)cc1O[C@@H]1O[C@H](C(=O)O)[C@@H](O)[C@H](O)[C@H]1O)(C3)C2. The minimum Gasteiger partial charge on any atom is -0.491 e. The van der Waals surface area contributed by atoms with E-state index in [9.17, 15) is 59.1 Å². The van der Waals surface area contributed by atoms with E-state index in [4.69, 9.17) is 38.5 Å². The van der Waals surface area contributed by atoms with Crippen molar-refractivity contribution in [1.29, 1.82) is 0 Å². The number of nitrogens with zero attached hydrogens (tertiary/aromatic N) is 6. The molecule has 28 heteroatoms. The van der Waals surface area contributed by atoms with E-state index in [1.54, 1.807) is 54.9 Å². The van der Waals surface area contributed by atoms with Gasteiger partial charge in [0.15, 0.2) is 16.9 Å². The first-order chi connectivity index (χ1) is 47.5. The summed E-state index contributed by atoms with van der Waals surface area (Å²) in [6, 6.07) is 22.7. The smallest absolute Gasteiger partial charge is 0.407 e. The van der Waals surface area contributed by atoms with Crippen molar-refractivity contribution in [2.45, 2.75) is 141 Å². The van der Waals surface area contributed by atoms with Crippen molar-refractivity contribution in [3.8, 4) is 33.9 Å². The van der Waals surface area contributed by atoms with Crippen LogP contribution in [0.3, 0.4) is 0 Å². The number of hydrogen-bond acceptors (Lipinski definition) is 21. The number of carboxylic acid groups (broad SMARTS) is 2. The lowest BCUT2D eigenvalue weighted by Crippen LogP contribution is -2.64. The topological polar surface area (TPSA) is 372 Å². The molecule has 4 aliphatic carbocycles. The van der Waals surface area contributed by atoms with Gasteiger partial charge in [-0.25, -0.2) is 24.4 Å². The predicted octanol–water partition coefficient (Wildman–Crippen LogP) is 7.75. The van der Waals surface area contributed by atoms with Gasteiger partial charge in [-0.2, -0.15) is 5.10 Å². The molecule has 0 radical (unpaired) electrons. The second kappa shape index (κ2) is 29.3. The van der Waals surface area contributed by atoms with Crippen LogP contribution in [-0.2, 0) is 51.3 Å². The molecule has 4 saturated carbocycles. The van der Waals surface area contributed by atoms with Gasteiger partial charge in [-0.3, -0.25) is 39.1 Å².